The summed E-state index contributed by atoms with van der Waals surface area (Å²) in [6.45, 7) is 8.79. The van der Waals surface area contributed by atoms with E-state index in [1.54, 1.807) is 17.0 Å². The molecule has 0 fully saturated rings. The highest BCUT2D eigenvalue weighted by Crippen LogP contribution is 2.24. The van der Waals surface area contributed by atoms with E-state index in [1.807, 2.05) is 32.3 Å². The van der Waals surface area contributed by atoms with E-state index in [9.17, 15) is 9.18 Å². The lowest BCUT2D eigenvalue weighted by Crippen LogP contribution is -2.42. The van der Waals surface area contributed by atoms with Crippen molar-refractivity contribution in [2.24, 2.45) is 0 Å². The fourth-order valence-electron chi connectivity index (χ4n) is 2.73. The van der Waals surface area contributed by atoms with E-state index in [-0.39, 0.29) is 18.0 Å². The molecule has 0 saturated heterocycles. The molecule has 1 amide bonds. The van der Waals surface area contributed by atoms with Gasteiger partial charge in [-0.3, -0.25) is 4.90 Å². The topological polar surface area (TPSA) is 69.5 Å². The molecule has 7 nitrogen and oxygen atoms in total. The molecule has 1 aliphatic heterocycles. The average Bonchev–Trinajstić information content (AvgIpc) is 2.98. The standard InChI is InChI=1S/C18H23FN4O3/c1-12(25-14-7-5-13(19)6-8-14)16-21-20-15-11-22(9-10-23(15)16)17(24)26-18(2,3)4/h5-8,12H,9-11H2,1-4H3. The Bertz CT molecular complexity index is 783. The molecule has 1 aromatic carbocycles. The van der Waals surface area contributed by atoms with Gasteiger partial charge in [0.2, 0.25) is 0 Å². The zero-order chi connectivity index (χ0) is 18.9. The lowest BCUT2D eigenvalue weighted by atomic mass is 10.2. The molecule has 2 aromatic rings. The first-order valence-corrected chi connectivity index (χ1v) is 8.55. The van der Waals surface area contributed by atoms with Gasteiger partial charge >= 0.3 is 6.09 Å². The summed E-state index contributed by atoms with van der Waals surface area (Å²) in [6, 6.07) is 5.84. The Morgan fingerprint density at radius 2 is 1.88 bits per heavy atom. The third-order valence-electron chi connectivity index (χ3n) is 3.92. The summed E-state index contributed by atoms with van der Waals surface area (Å²) in [5, 5.41) is 8.40. The van der Waals surface area contributed by atoms with Crippen LogP contribution in [0.3, 0.4) is 0 Å². The highest BCUT2D eigenvalue weighted by molar-refractivity contribution is 5.68. The Morgan fingerprint density at radius 1 is 1.19 bits per heavy atom. The second kappa shape index (κ2) is 6.93. The van der Waals surface area contributed by atoms with Crippen molar-refractivity contribution in [3.8, 4) is 5.75 Å². The number of carbonyl (C=O) groups is 1. The van der Waals surface area contributed by atoms with Crippen LogP contribution < -0.4 is 4.74 Å². The van der Waals surface area contributed by atoms with E-state index in [0.29, 0.717) is 37.0 Å². The van der Waals surface area contributed by atoms with E-state index in [0.717, 1.165) is 0 Å². The Morgan fingerprint density at radius 3 is 2.54 bits per heavy atom. The number of rotatable bonds is 3. The van der Waals surface area contributed by atoms with Crippen LogP contribution in [-0.4, -0.2) is 37.9 Å². The molecule has 26 heavy (non-hydrogen) atoms. The first-order valence-electron chi connectivity index (χ1n) is 8.55. The minimum atomic E-state index is -0.537. The third-order valence-corrected chi connectivity index (χ3v) is 3.92. The van der Waals surface area contributed by atoms with Crippen molar-refractivity contribution in [3.63, 3.8) is 0 Å². The van der Waals surface area contributed by atoms with Crippen LogP contribution in [0.4, 0.5) is 9.18 Å². The zero-order valence-corrected chi connectivity index (χ0v) is 15.4. The maximum atomic E-state index is 13.0. The molecule has 1 atom stereocenters. The first kappa shape index (κ1) is 18.2. The van der Waals surface area contributed by atoms with Gasteiger partial charge in [0.1, 0.15) is 17.2 Å². The fraction of sp³-hybridized carbons (Fsp3) is 0.500. The van der Waals surface area contributed by atoms with Crippen LogP contribution >= 0.6 is 0 Å². The van der Waals surface area contributed by atoms with Crippen LogP contribution in [-0.2, 0) is 17.8 Å². The summed E-state index contributed by atoms with van der Waals surface area (Å²) < 4.78 is 26.2. The Labute approximate surface area is 151 Å². The second-order valence-corrected chi connectivity index (χ2v) is 7.24. The fourth-order valence-corrected chi connectivity index (χ4v) is 2.73. The van der Waals surface area contributed by atoms with Gasteiger partial charge < -0.3 is 14.0 Å². The normalized spacial score (nSPS) is 15.3. The van der Waals surface area contributed by atoms with E-state index < -0.39 is 5.60 Å². The van der Waals surface area contributed by atoms with Crippen LogP contribution in [0.15, 0.2) is 24.3 Å². The molecule has 1 aliphatic rings. The quantitative estimate of drug-likeness (QED) is 0.838. The highest BCUT2D eigenvalue weighted by Gasteiger charge is 2.29. The van der Waals surface area contributed by atoms with Gasteiger partial charge in [-0.2, -0.15) is 0 Å². The maximum Gasteiger partial charge on any atom is 0.410 e. The summed E-state index contributed by atoms with van der Waals surface area (Å²) in [6.07, 6.45) is -0.710. The van der Waals surface area contributed by atoms with Crippen molar-refractivity contribution in [1.82, 2.24) is 19.7 Å². The number of ether oxygens (including phenoxy) is 2. The van der Waals surface area contributed by atoms with Gasteiger partial charge in [0.05, 0.1) is 6.54 Å². The number of carbonyl (C=O) groups excluding carboxylic acids is 1. The van der Waals surface area contributed by atoms with Gasteiger partial charge in [0.25, 0.3) is 0 Å². The van der Waals surface area contributed by atoms with Gasteiger partial charge in [-0.05, 0) is 52.0 Å². The molecular weight excluding hydrogens is 339 g/mol. The van der Waals surface area contributed by atoms with Crippen molar-refractivity contribution in [3.05, 3.63) is 41.7 Å². The van der Waals surface area contributed by atoms with E-state index in [2.05, 4.69) is 10.2 Å². The van der Waals surface area contributed by atoms with E-state index >= 15 is 0 Å². The number of hydrogen-bond acceptors (Lipinski definition) is 5. The number of hydrogen-bond donors (Lipinski definition) is 0. The highest BCUT2D eigenvalue weighted by atomic mass is 19.1. The molecule has 0 aliphatic carbocycles. The number of nitrogens with zero attached hydrogens (tertiary/aromatic N) is 4. The molecule has 0 radical (unpaired) electrons. The van der Waals surface area contributed by atoms with Crippen LogP contribution in [0, 0.1) is 5.82 Å². The van der Waals surface area contributed by atoms with E-state index in [4.69, 9.17) is 9.47 Å². The van der Waals surface area contributed by atoms with Gasteiger partial charge in [0, 0.05) is 13.1 Å². The number of halogens is 1. The molecule has 1 unspecified atom stereocenters. The molecule has 8 heteroatoms. The lowest BCUT2D eigenvalue weighted by molar-refractivity contribution is 0.0192. The first-order chi connectivity index (χ1) is 12.2. The molecule has 0 saturated carbocycles. The Balaban J connectivity index is 1.68. The van der Waals surface area contributed by atoms with Crippen molar-refractivity contribution in [1.29, 1.82) is 0 Å². The molecule has 1 aromatic heterocycles. The second-order valence-electron chi connectivity index (χ2n) is 7.24. The summed E-state index contributed by atoms with van der Waals surface area (Å²) in [5.41, 5.74) is -0.537. The number of benzene rings is 1. The minimum Gasteiger partial charge on any atom is -0.483 e. The summed E-state index contributed by atoms with van der Waals surface area (Å²) in [5.74, 6) is 1.61. The largest absolute Gasteiger partial charge is 0.483 e. The van der Waals surface area contributed by atoms with Crippen molar-refractivity contribution >= 4 is 6.09 Å². The Hall–Kier alpha value is -2.64. The molecule has 0 N–H and O–H groups in total. The molecule has 140 valence electrons. The number of amides is 1. The summed E-state index contributed by atoms with van der Waals surface area (Å²) in [7, 11) is 0. The smallest absolute Gasteiger partial charge is 0.410 e. The maximum absolute atomic E-state index is 13.0. The predicted octanol–water partition coefficient (Wildman–Crippen LogP) is 3.31. The SMILES string of the molecule is CC(Oc1ccc(F)cc1)c1nnc2n1CCN(C(=O)OC(C)(C)C)C2. The van der Waals surface area contributed by atoms with Crippen LogP contribution in [0.5, 0.6) is 5.75 Å². The summed E-state index contributed by atoms with van der Waals surface area (Å²) in [4.78, 5) is 13.8. The van der Waals surface area contributed by atoms with Gasteiger partial charge in [0.15, 0.2) is 17.8 Å². The minimum absolute atomic E-state index is 0.313. The number of aromatic nitrogens is 3. The van der Waals surface area contributed by atoms with Crippen molar-refractivity contribution in [2.75, 3.05) is 6.54 Å². The molecular formula is C18H23FN4O3. The van der Waals surface area contributed by atoms with Crippen molar-refractivity contribution in [2.45, 2.75) is 52.5 Å². The van der Waals surface area contributed by atoms with Crippen molar-refractivity contribution < 1.29 is 18.7 Å². The molecule has 0 bridgehead atoms. The molecule has 2 heterocycles. The summed E-state index contributed by atoms with van der Waals surface area (Å²) >= 11 is 0. The third kappa shape index (κ3) is 4.12. The zero-order valence-electron chi connectivity index (χ0n) is 15.4. The van der Waals surface area contributed by atoms with Gasteiger partial charge in [-0.1, -0.05) is 0 Å². The average molecular weight is 362 g/mol. The predicted molar refractivity (Wildman–Crippen MR) is 92.1 cm³/mol. The van der Waals surface area contributed by atoms with Gasteiger partial charge in [-0.15, -0.1) is 10.2 Å². The van der Waals surface area contributed by atoms with Crippen LogP contribution in [0.1, 0.15) is 45.4 Å². The number of fused-ring (bicyclic) bond motifs is 1. The Kier molecular flexibility index (Phi) is 4.84. The molecule has 3 rings (SSSR count). The monoisotopic (exact) mass is 362 g/mol. The van der Waals surface area contributed by atoms with Gasteiger partial charge in [-0.25, -0.2) is 9.18 Å². The van der Waals surface area contributed by atoms with Crippen LogP contribution in [0.2, 0.25) is 0 Å². The van der Waals surface area contributed by atoms with Crippen LogP contribution in [0.25, 0.3) is 0 Å². The van der Waals surface area contributed by atoms with E-state index in [1.165, 1.54) is 12.1 Å². The lowest BCUT2D eigenvalue weighted by Gasteiger charge is -2.30. The molecule has 0 spiro atoms.